The molecule has 1 unspecified atom stereocenters. The van der Waals surface area contributed by atoms with Gasteiger partial charge in [0.15, 0.2) is 5.75 Å². The molecule has 1 spiro atoms. The molecule has 9 nitrogen and oxygen atoms in total. The fourth-order valence-corrected chi connectivity index (χ4v) is 3.22. The second kappa shape index (κ2) is 6.26. The minimum absolute atomic E-state index is 0.0519. The Kier molecular flexibility index (Phi) is 4.07. The van der Waals surface area contributed by atoms with E-state index in [1.807, 2.05) is 0 Å². The number of nitro benzene ring substituents is 1. The Morgan fingerprint density at radius 3 is 2.55 bits per heavy atom. The van der Waals surface area contributed by atoms with E-state index in [0.29, 0.717) is 40.8 Å². The fraction of sp³-hybridized carbons (Fsp3) is 0.350. The Hall–Kier alpha value is -3.49. The average molecular weight is 395 g/mol. The lowest BCUT2D eigenvalue weighted by Crippen LogP contribution is -2.27. The molecule has 0 aliphatic carbocycles. The lowest BCUT2D eigenvalue weighted by atomic mass is 9.89. The molecule has 1 atom stereocenters. The van der Waals surface area contributed by atoms with Crippen LogP contribution in [0.4, 0.5) is 5.69 Å². The van der Waals surface area contributed by atoms with Gasteiger partial charge in [0.1, 0.15) is 11.6 Å². The standard InChI is InChI=1S/C20H21N5O4/c1-11-18(21)24-20(23-11)13-7-12(25(26)27)5-6-15(13)29-16-9-22-17(8-14(16)20)28-10-19(2,3)4/h5-9H,10H2,1-4H3,(H2,21,24). The third kappa shape index (κ3) is 3.18. The Balaban J connectivity index is 1.89. The van der Waals surface area contributed by atoms with Gasteiger partial charge in [-0.25, -0.2) is 15.0 Å². The van der Waals surface area contributed by atoms with E-state index in [0.717, 1.165) is 0 Å². The number of ether oxygens (including phenoxy) is 2. The molecule has 0 bridgehead atoms. The van der Waals surface area contributed by atoms with Crippen molar-refractivity contribution in [1.29, 1.82) is 0 Å². The quantitative estimate of drug-likeness (QED) is 0.626. The van der Waals surface area contributed by atoms with Gasteiger partial charge >= 0.3 is 0 Å². The monoisotopic (exact) mass is 395 g/mol. The van der Waals surface area contributed by atoms with Crippen LogP contribution in [0, 0.1) is 15.5 Å². The van der Waals surface area contributed by atoms with Crippen LogP contribution in [0.1, 0.15) is 38.8 Å². The smallest absolute Gasteiger partial charge is 0.270 e. The van der Waals surface area contributed by atoms with Gasteiger partial charge in [-0.15, -0.1) is 0 Å². The summed E-state index contributed by atoms with van der Waals surface area (Å²) < 4.78 is 11.8. The van der Waals surface area contributed by atoms with E-state index < -0.39 is 10.6 Å². The van der Waals surface area contributed by atoms with Gasteiger partial charge in [0.25, 0.3) is 5.69 Å². The van der Waals surface area contributed by atoms with Crippen molar-refractivity contribution in [2.24, 2.45) is 21.1 Å². The summed E-state index contributed by atoms with van der Waals surface area (Å²) in [6.07, 6.45) is 1.55. The van der Waals surface area contributed by atoms with Gasteiger partial charge in [0.2, 0.25) is 11.5 Å². The van der Waals surface area contributed by atoms with Crippen molar-refractivity contribution < 1.29 is 14.4 Å². The molecule has 29 heavy (non-hydrogen) atoms. The van der Waals surface area contributed by atoms with Crippen molar-refractivity contribution in [3.05, 3.63) is 51.7 Å². The van der Waals surface area contributed by atoms with E-state index in [9.17, 15) is 10.1 Å². The summed E-state index contributed by atoms with van der Waals surface area (Å²) in [5, 5.41) is 11.3. The van der Waals surface area contributed by atoms with Crippen molar-refractivity contribution in [2.75, 3.05) is 6.61 Å². The molecule has 2 aromatic rings. The van der Waals surface area contributed by atoms with Gasteiger partial charge in [-0.2, -0.15) is 0 Å². The Labute approximate surface area is 167 Å². The van der Waals surface area contributed by atoms with Crippen molar-refractivity contribution in [1.82, 2.24) is 4.98 Å². The van der Waals surface area contributed by atoms with Crippen LogP contribution in [0.15, 0.2) is 40.4 Å². The second-order valence-electron chi connectivity index (χ2n) is 8.27. The average Bonchev–Trinajstić information content (AvgIpc) is 2.95. The molecule has 150 valence electrons. The number of nitro groups is 1. The van der Waals surface area contributed by atoms with E-state index in [-0.39, 0.29) is 16.9 Å². The number of non-ortho nitro benzene ring substituents is 1. The zero-order valence-electron chi connectivity index (χ0n) is 16.6. The summed E-state index contributed by atoms with van der Waals surface area (Å²) in [6.45, 7) is 8.38. The summed E-state index contributed by atoms with van der Waals surface area (Å²) in [7, 11) is 0. The fourth-order valence-electron chi connectivity index (χ4n) is 3.22. The van der Waals surface area contributed by atoms with E-state index >= 15 is 0 Å². The van der Waals surface area contributed by atoms with Crippen LogP contribution in [-0.2, 0) is 5.66 Å². The Morgan fingerprint density at radius 1 is 1.21 bits per heavy atom. The molecular formula is C20H21N5O4. The normalized spacial score (nSPS) is 19.7. The summed E-state index contributed by atoms with van der Waals surface area (Å²) in [5.74, 6) is 1.53. The Bertz CT molecular complexity index is 1070. The van der Waals surface area contributed by atoms with Crippen LogP contribution < -0.4 is 15.2 Å². The SMILES string of the molecule is CC1=NC2(N=C1N)c1cc([N+](=O)[O-])ccc1Oc1cnc(OCC(C)(C)C)cc12. The number of hydrogen-bond donors (Lipinski definition) is 1. The summed E-state index contributed by atoms with van der Waals surface area (Å²) in [6, 6.07) is 6.05. The lowest BCUT2D eigenvalue weighted by molar-refractivity contribution is -0.385. The first-order valence-corrected chi connectivity index (χ1v) is 9.11. The maximum absolute atomic E-state index is 11.3. The van der Waals surface area contributed by atoms with E-state index in [1.165, 1.54) is 18.2 Å². The highest BCUT2D eigenvalue weighted by atomic mass is 16.6. The number of pyridine rings is 1. The van der Waals surface area contributed by atoms with Crippen molar-refractivity contribution in [3.8, 4) is 17.4 Å². The van der Waals surface area contributed by atoms with Gasteiger partial charge in [-0.3, -0.25) is 10.1 Å². The first kappa shape index (κ1) is 18.9. The molecule has 0 amide bonds. The summed E-state index contributed by atoms with van der Waals surface area (Å²) >= 11 is 0. The number of nitrogens with two attached hydrogens (primary N) is 1. The molecule has 0 saturated carbocycles. The number of nitrogens with zero attached hydrogens (tertiary/aromatic N) is 4. The number of aliphatic imine (C=N–C) groups is 2. The van der Waals surface area contributed by atoms with Crippen LogP contribution in [0.2, 0.25) is 0 Å². The van der Waals surface area contributed by atoms with Crippen LogP contribution in [0.25, 0.3) is 0 Å². The lowest BCUT2D eigenvalue weighted by Gasteiger charge is -2.32. The highest BCUT2D eigenvalue weighted by molar-refractivity contribution is 6.41. The maximum atomic E-state index is 11.3. The van der Waals surface area contributed by atoms with E-state index in [4.69, 9.17) is 20.2 Å². The highest BCUT2D eigenvalue weighted by Gasteiger charge is 2.47. The number of aromatic nitrogens is 1. The number of rotatable bonds is 3. The molecule has 0 radical (unpaired) electrons. The van der Waals surface area contributed by atoms with Crippen molar-refractivity contribution in [2.45, 2.75) is 33.4 Å². The molecule has 4 rings (SSSR count). The molecule has 0 fully saturated rings. The van der Waals surface area contributed by atoms with Crippen LogP contribution in [-0.4, -0.2) is 28.1 Å². The minimum atomic E-state index is -1.27. The molecule has 2 N–H and O–H groups in total. The molecule has 9 heteroatoms. The number of fused-ring (bicyclic) bond motifs is 4. The van der Waals surface area contributed by atoms with Crippen LogP contribution >= 0.6 is 0 Å². The predicted octanol–water partition coefficient (Wildman–Crippen LogP) is 3.55. The molecule has 1 aromatic carbocycles. The van der Waals surface area contributed by atoms with Crippen molar-refractivity contribution in [3.63, 3.8) is 0 Å². The van der Waals surface area contributed by atoms with Crippen molar-refractivity contribution >= 4 is 17.2 Å². The van der Waals surface area contributed by atoms with Gasteiger partial charge in [-0.1, -0.05) is 20.8 Å². The molecule has 0 saturated heterocycles. The predicted molar refractivity (Wildman–Crippen MR) is 108 cm³/mol. The topological polar surface area (TPSA) is 125 Å². The zero-order valence-corrected chi connectivity index (χ0v) is 16.6. The summed E-state index contributed by atoms with van der Waals surface area (Å²) in [4.78, 5) is 24.5. The molecular weight excluding hydrogens is 374 g/mol. The zero-order chi connectivity index (χ0) is 21.0. The van der Waals surface area contributed by atoms with E-state index in [2.05, 4.69) is 30.7 Å². The minimum Gasteiger partial charge on any atom is -0.477 e. The second-order valence-corrected chi connectivity index (χ2v) is 8.27. The largest absolute Gasteiger partial charge is 0.477 e. The first-order chi connectivity index (χ1) is 13.6. The Morgan fingerprint density at radius 2 is 1.93 bits per heavy atom. The third-order valence-electron chi connectivity index (χ3n) is 4.62. The van der Waals surface area contributed by atoms with Gasteiger partial charge in [0.05, 0.1) is 34.6 Å². The number of amidine groups is 1. The van der Waals surface area contributed by atoms with Gasteiger partial charge in [-0.05, 0) is 18.4 Å². The number of benzene rings is 1. The number of hydrogen-bond acceptors (Lipinski definition) is 8. The molecule has 2 aliphatic rings. The van der Waals surface area contributed by atoms with Crippen LogP contribution in [0.3, 0.4) is 0 Å². The van der Waals surface area contributed by atoms with E-state index in [1.54, 1.807) is 19.2 Å². The van der Waals surface area contributed by atoms with Gasteiger partial charge < -0.3 is 15.2 Å². The molecule has 1 aromatic heterocycles. The van der Waals surface area contributed by atoms with Gasteiger partial charge in [0, 0.05) is 18.2 Å². The highest BCUT2D eigenvalue weighted by Crippen LogP contribution is 2.52. The molecule has 2 aliphatic heterocycles. The molecule has 3 heterocycles. The first-order valence-electron chi connectivity index (χ1n) is 9.11. The van der Waals surface area contributed by atoms with Crippen LogP contribution in [0.5, 0.6) is 17.4 Å². The maximum Gasteiger partial charge on any atom is 0.270 e. The third-order valence-corrected chi connectivity index (χ3v) is 4.62. The summed E-state index contributed by atoms with van der Waals surface area (Å²) in [5.41, 5.74) is 6.21.